The molecule has 0 atom stereocenters. The van der Waals surface area contributed by atoms with Crippen LogP contribution in [0.3, 0.4) is 0 Å². The quantitative estimate of drug-likeness (QED) is 0.0479. The van der Waals surface area contributed by atoms with Crippen LogP contribution in [0.5, 0.6) is 11.5 Å². The maximum Gasteiger partial charge on any atom is 0.283 e. The van der Waals surface area contributed by atoms with Crippen molar-refractivity contribution in [3.63, 3.8) is 0 Å². The largest absolute Gasteiger partial charge is 0.494 e. The molecule has 0 aliphatic carbocycles. The zero-order chi connectivity index (χ0) is 29.4. The molecule has 0 aliphatic heterocycles. The molecule has 41 heavy (non-hydrogen) atoms. The van der Waals surface area contributed by atoms with Crippen molar-refractivity contribution in [2.75, 3.05) is 12.0 Å². The highest BCUT2D eigenvalue weighted by Gasteiger charge is 2.21. The lowest BCUT2D eigenvalue weighted by Gasteiger charge is -2.13. The van der Waals surface area contributed by atoms with E-state index in [-0.39, 0.29) is 34.4 Å². The Morgan fingerprint density at radius 1 is 1.07 bits per heavy atom. The lowest BCUT2D eigenvalue weighted by molar-refractivity contribution is -0.384. The minimum Gasteiger partial charge on any atom is -0.494 e. The van der Waals surface area contributed by atoms with Crippen molar-refractivity contribution in [3.8, 4) is 11.5 Å². The van der Waals surface area contributed by atoms with Gasteiger partial charge < -0.3 is 13.9 Å². The molecule has 0 amide bonds. The number of rotatable bonds is 12. The van der Waals surface area contributed by atoms with Crippen LogP contribution in [0.25, 0.3) is 0 Å². The van der Waals surface area contributed by atoms with E-state index < -0.39 is 10.7 Å². The van der Waals surface area contributed by atoms with Crippen molar-refractivity contribution in [2.24, 2.45) is 5.10 Å². The van der Waals surface area contributed by atoms with Crippen molar-refractivity contribution >= 4 is 34.0 Å². The van der Waals surface area contributed by atoms with E-state index in [9.17, 15) is 14.9 Å². The van der Waals surface area contributed by atoms with E-state index in [1.54, 1.807) is 24.3 Å². The fraction of sp³-hybridized carbons (Fsp3) is 0.241. The molecule has 0 unspecified atom stereocenters. The first-order valence-electron chi connectivity index (χ1n) is 12.8. The van der Waals surface area contributed by atoms with E-state index in [1.165, 1.54) is 24.3 Å². The van der Waals surface area contributed by atoms with Crippen LogP contribution in [0, 0.1) is 17.0 Å². The highest BCUT2D eigenvalue weighted by molar-refractivity contribution is 8.15. The first kappa shape index (κ1) is 29.3. The summed E-state index contributed by atoms with van der Waals surface area (Å²) in [6.07, 6.45) is 0. The fourth-order valence-electron chi connectivity index (χ4n) is 3.69. The second-order valence-corrected chi connectivity index (χ2v) is 10.1. The van der Waals surface area contributed by atoms with Gasteiger partial charge in [-0.1, -0.05) is 26.0 Å². The number of anilines is 1. The number of nitrogens with zero attached hydrogens (tertiary/aromatic N) is 4. The summed E-state index contributed by atoms with van der Waals surface area (Å²) < 4.78 is 17.2. The third-order valence-corrected chi connectivity index (χ3v) is 6.57. The van der Waals surface area contributed by atoms with Gasteiger partial charge in [-0.05, 0) is 85.1 Å². The van der Waals surface area contributed by atoms with Crippen molar-refractivity contribution < 1.29 is 23.6 Å². The van der Waals surface area contributed by atoms with Gasteiger partial charge in [-0.25, -0.2) is 0 Å². The van der Waals surface area contributed by atoms with Crippen LogP contribution in [-0.2, 0) is 6.61 Å². The smallest absolute Gasteiger partial charge is 0.283 e. The Balaban J connectivity index is 1.53. The molecule has 212 valence electrons. The minimum absolute atomic E-state index is 0.0180. The standard InChI is InChI=1S/C29H29N5O6S/c1-5-38-23-13-7-20(8-14-23)27(35)28(32-30-21-9-11-22(12-10-21)34(36)37)41-29-33-31-26(40-29)17-39-25-16-19(4)6-15-24(25)18(2)3/h6-16,18,30H,5,17H2,1-4H3/b32-28+. The number of benzene rings is 3. The average Bonchev–Trinajstić information content (AvgIpc) is 3.41. The highest BCUT2D eigenvalue weighted by atomic mass is 32.2. The minimum atomic E-state index is -0.497. The number of carbonyl (C=O) groups is 1. The summed E-state index contributed by atoms with van der Waals surface area (Å²) >= 11 is 0.889. The molecule has 1 aromatic heterocycles. The van der Waals surface area contributed by atoms with Gasteiger partial charge in [0.05, 0.1) is 17.2 Å². The predicted molar refractivity (Wildman–Crippen MR) is 156 cm³/mol. The third-order valence-electron chi connectivity index (χ3n) is 5.76. The molecule has 0 saturated carbocycles. The van der Waals surface area contributed by atoms with Crippen LogP contribution in [0.15, 0.2) is 81.5 Å². The number of carbonyl (C=O) groups excluding carboxylic acids is 1. The molecule has 12 heteroatoms. The number of nitro benzene ring substituents is 1. The normalized spacial score (nSPS) is 11.4. The third kappa shape index (κ3) is 7.92. The van der Waals surface area contributed by atoms with Crippen LogP contribution in [-0.4, -0.2) is 32.6 Å². The average molecular weight is 576 g/mol. The number of nitro groups is 1. The van der Waals surface area contributed by atoms with Crippen molar-refractivity contribution in [1.29, 1.82) is 0 Å². The number of aromatic nitrogens is 2. The van der Waals surface area contributed by atoms with E-state index >= 15 is 0 Å². The Morgan fingerprint density at radius 3 is 2.46 bits per heavy atom. The Bertz CT molecular complexity index is 1530. The molecular weight excluding hydrogens is 546 g/mol. The van der Waals surface area contributed by atoms with Gasteiger partial charge in [-0.15, -0.1) is 10.2 Å². The van der Waals surface area contributed by atoms with Crippen molar-refractivity contribution in [1.82, 2.24) is 10.2 Å². The molecule has 1 N–H and O–H groups in total. The van der Waals surface area contributed by atoms with Crippen LogP contribution >= 0.6 is 11.8 Å². The number of hydrazone groups is 1. The van der Waals surface area contributed by atoms with Gasteiger partial charge in [0.1, 0.15) is 11.5 Å². The SMILES string of the molecule is CCOc1ccc(C(=O)/C(=N\Nc2ccc([N+](=O)[O-])cc2)Sc2nnc(COc3cc(C)ccc3C(C)C)o2)cc1. The van der Waals surface area contributed by atoms with Crippen molar-refractivity contribution in [2.45, 2.75) is 45.4 Å². The molecule has 4 aromatic rings. The number of hydrogen-bond donors (Lipinski definition) is 1. The molecule has 1 heterocycles. The summed E-state index contributed by atoms with van der Waals surface area (Å²) in [5, 5.41) is 23.4. The van der Waals surface area contributed by atoms with Crippen LogP contribution in [0.1, 0.15) is 54.1 Å². The molecule has 0 saturated heterocycles. The van der Waals surface area contributed by atoms with Gasteiger partial charge in [0, 0.05) is 17.7 Å². The molecule has 0 spiro atoms. The van der Waals surface area contributed by atoms with Gasteiger partial charge in [0.25, 0.3) is 16.8 Å². The first-order chi connectivity index (χ1) is 19.7. The monoisotopic (exact) mass is 575 g/mol. The lowest BCUT2D eigenvalue weighted by Crippen LogP contribution is -2.13. The molecule has 4 rings (SSSR count). The van der Waals surface area contributed by atoms with E-state index in [0.717, 1.165) is 28.6 Å². The van der Waals surface area contributed by atoms with Gasteiger partial charge in [-0.2, -0.15) is 5.10 Å². The summed E-state index contributed by atoms with van der Waals surface area (Å²) in [6, 6.07) is 18.4. The summed E-state index contributed by atoms with van der Waals surface area (Å²) in [5.41, 5.74) is 5.67. The lowest BCUT2D eigenvalue weighted by atomic mass is 10.0. The molecule has 11 nitrogen and oxygen atoms in total. The maximum absolute atomic E-state index is 13.4. The highest BCUT2D eigenvalue weighted by Crippen LogP contribution is 2.29. The number of hydrogen-bond acceptors (Lipinski definition) is 11. The number of non-ortho nitro benzene ring substituents is 1. The Hall–Kier alpha value is -4.71. The van der Waals surface area contributed by atoms with Crippen LogP contribution in [0.4, 0.5) is 11.4 Å². The topological polar surface area (TPSA) is 142 Å². The van der Waals surface area contributed by atoms with Crippen LogP contribution in [0.2, 0.25) is 0 Å². The molecule has 0 fully saturated rings. The van der Waals surface area contributed by atoms with E-state index in [2.05, 4.69) is 34.6 Å². The number of thioether (sulfide) groups is 1. The zero-order valence-electron chi connectivity index (χ0n) is 23.0. The number of aryl methyl sites for hydroxylation is 1. The molecule has 0 bridgehead atoms. The molecule has 0 radical (unpaired) electrons. The Labute approximate surface area is 241 Å². The van der Waals surface area contributed by atoms with E-state index in [4.69, 9.17) is 13.9 Å². The number of ether oxygens (including phenoxy) is 2. The Kier molecular flexibility index (Phi) is 9.69. The fourth-order valence-corrected chi connectivity index (χ4v) is 4.38. The van der Waals surface area contributed by atoms with Gasteiger partial charge in [0.15, 0.2) is 11.7 Å². The Morgan fingerprint density at radius 2 is 1.80 bits per heavy atom. The second kappa shape index (κ2) is 13.6. The summed E-state index contributed by atoms with van der Waals surface area (Å²) in [5.74, 6) is 1.49. The maximum atomic E-state index is 13.4. The second-order valence-electron chi connectivity index (χ2n) is 9.17. The summed E-state index contributed by atoms with van der Waals surface area (Å²) in [4.78, 5) is 23.9. The number of nitrogens with one attached hydrogen (secondary N) is 1. The van der Waals surface area contributed by atoms with Gasteiger partial charge in [0.2, 0.25) is 5.78 Å². The van der Waals surface area contributed by atoms with Crippen LogP contribution < -0.4 is 14.9 Å². The number of Topliss-reactive ketones (excluding diaryl/α,β-unsaturated/α-hetero) is 1. The van der Waals surface area contributed by atoms with E-state index in [1.807, 2.05) is 32.0 Å². The first-order valence-corrected chi connectivity index (χ1v) is 13.6. The summed E-state index contributed by atoms with van der Waals surface area (Å²) in [6.45, 7) is 8.60. The number of ketones is 1. The molecular formula is C29H29N5O6S. The van der Waals surface area contributed by atoms with E-state index in [0.29, 0.717) is 23.6 Å². The zero-order valence-corrected chi connectivity index (χ0v) is 23.8. The van der Waals surface area contributed by atoms with Gasteiger partial charge >= 0.3 is 0 Å². The predicted octanol–water partition coefficient (Wildman–Crippen LogP) is 6.79. The summed E-state index contributed by atoms with van der Waals surface area (Å²) in [7, 11) is 0. The van der Waals surface area contributed by atoms with Gasteiger partial charge in [-0.3, -0.25) is 20.3 Å². The molecule has 0 aliphatic rings. The molecule has 3 aromatic carbocycles. The van der Waals surface area contributed by atoms with Crippen molar-refractivity contribution in [3.05, 3.63) is 99.4 Å².